The van der Waals surface area contributed by atoms with Crippen LogP contribution in [0.1, 0.15) is 39.8 Å². The standard InChI is InChI=1S/C33H34N4O/c1-4-5-21-35(3)29-18-16-26(17-19-29)23-36-22-20-31-30(24-36)33(38)37(25(2)34-31)32(27-12-8-6-9-13-27)28-14-10-7-11-15-28/h4-19,21,32H,1,20,22-24H2,2-3H3/b21-5-. The van der Waals surface area contributed by atoms with Gasteiger partial charge in [-0.1, -0.05) is 85.5 Å². The van der Waals surface area contributed by atoms with Gasteiger partial charge in [0.05, 0.1) is 17.3 Å². The molecule has 5 nitrogen and oxygen atoms in total. The Morgan fingerprint density at radius 1 is 0.974 bits per heavy atom. The van der Waals surface area contributed by atoms with Crippen molar-refractivity contribution in [2.24, 2.45) is 0 Å². The van der Waals surface area contributed by atoms with Crippen LogP contribution in [0.15, 0.2) is 115 Å². The van der Waals surface area contributed by atoms with Crippen LogP contribution in [-0.2, 0) is 19.5 Å². The summed E-state index contributed by atoms with van der Waals surface area (Å²) in [6.45, 7) is 7.96. The molecule has 0 N–H and O–H groups in total. The number of rotatable bonds is 8. The van der Waals surface area contributed by atoms with Crippen molar-refractivity contribution >= 4 is 5.69 Å². The minimum absolute atomic E-state index is 0.0564. The molecule has 0 bridgehead atoms. The van der Waals surface area contributed by atoms with Crippen molar-refractivity contribution in [3.05, 3.63) is 154 Å². The van der Waals surface area contributed by atoms with E-state index in [4.69, 9.17) is 4.98 Å². The van der Waals surface area contributed by atoms with Crippen molar-refractivity contribution in [2.75, 3.05) is 18.5 Å². The predicted molar refractivity (Wildman–Crippen MR) is 155 cm³/mol. The Morgan fingerprint density at radius 3 is 2.21 bits per heavy atom. The average molecular weight is 503 g/mol. The molecule has 3 aromatic carbocycles. The van der Waals surface area contributed by atoms with E-state index in [9.17, 15) is 4.79 Å². The summed E-state index contributed by atoms with van der Waals surface area (Å²) in [7, 11) is 2.02. The molecule has 4 aromatic rings. The zero-order valence-corrected chi connectivity index (χ0v) is 22.1. The zero-order chi connectivity index (χ0) is 26.5. The molecule has 0 atom stereocenters. The first-order valence-electron chi connectivity index (χ1n) is 13.1. The van der Waals surface area contributed by atoms with Crippen molar-refractivity contribution in [1.82, 2.24) is 14.5 Å². The van der Waals surface area contributed by atoms with Crippen LogP contribution in [0.4, 0.5) is 5.69 Å². The van der Waals surface area contributed by atoms with Gasteiger partial charge < -0.3 is 4.90 Å². The van der Waals surface area contributed by atoms with Crippen LogP contribution in [-0.4, -0.2) is 28.0 Å². The van der Waals surface area contributed by atoms with E-state index in [0.29, 0.717) is 6.54 Å². The van der Waals surface area contributed by atoms with Gasteiger partial charge in [0.15, 0.2) is 0 Å². The first kappa shape index (κ1) is 25.4. The summed E-state index contributed by atoms with van der Waals surface area (Å²) in [5.41, 5.74) is 6.30. The first-order chi connectivity index (χ1) is 18.5. The van der Waals surface area contributed by atoms with Gasteiger partial charge in [0.1, 0.15) is 5.82 Å². The Morgan fingerprint density at radius 2 is 1.61 bits per heavy atom. The Labute approximate surface area is 225 Å². The van der Waals surface area contributed by atoms with E-state index in [-0.39, 0.29) is 11.6 Å². The van der Waals surface area contributed by atoms with Crippen LogP contribution >= 0.6 is 0 Å². The summed E-state index contributed by atoms with van der Waals surface area (Å²) >= 11 is 0. The second-order valence-electron chi connectivity index (χ2n) is 9.80. The lowest BCUT2D eigenvalue weighted by Gasteiger charge is -2.30. The fourth-order valence-electron chi connectivity index (χ4n) is 5.24. The monoisotopic (exact) mass is 502 g/mol. The van der Waals surface area contributed by atoms with Crippen molar-refractivity contribution < 1.29 is 0 Å². The Balaban J connectivity index is 1.44. The van der Waals surface area contributed by atoms with Crippen LogP contribution in [0.3, 0.4) is 0 Å². The molecule has 0 fully saturated rings. The fraction of sp³-hybridized carbons (Fsp3) is 0.212. The topological polar surface area (TPSA) is 41.4 Å². The molecule has 0 saturated carbocycles. The highest BCUT2D eigenvalue weighted by Crippen LogP contribution is 2.28. The second kappa shape index (κ2) is 11.4. The number of hydrogen-bond donors (Lipinski definition) is 0. The van der Waals surface area contributed by atoms with Crippen molar-refractivity contribution in [3.63, 3.8) is 0 Å². The minimum Gasteiger partial charge on any atom is -0.351 e. The van der Waals surface area contributed by atoms with E-state index in [2.05, 4.69) is 64.9 Å². The second-order valence-corrected chi connectivity index (χ2v) is 9.80. The van der Waals surface area contributed by atoms with Crippen LogP contribution < -0.4 is 10.5 Å². The Kier molecular flexibility index (Phi) is 7.66. The van der Waals surface area contributed by atoms with Crippen LogP contribution in [0, 0.1) is 6.92 Å². The van der Waals surface area contributed by atoms with E-state index in [0.717, 1.165) is 53.4 Å². The molecule has 0 aliphatic carbocycles. The number of anilines is 1. The molecular weight excluding hydrogens is 468 g/mol. The van der Waals surface area contributed by atoms with E-state index in [1.54, 1.807) is 6.08 Å². The molecule has 192 valence electrons. The van der Waals surface area contributed by atoms with E-state index in [1.165, 1.54) is 5.56 Å². The molecule has 38 heavy (non-hydrogen) atoms. The number of aryl methyl sites for hydroxylation is 1. The van der Waals surface area contributed by atoms with Gasteiger partial charge in [-0.05, 0) is 41.8 Å². The molecule has 2 heterocycles. The highest BCUT2D eigenvalue weighted by Gasteiger charge is 2.27. The number of hydrogen-bond acceptors (Lipinski definition) is 4. The number of nitrogens with zero attached hydrogens (tertiary/aromatic N) is 4. The minimum atomic E-state index is -0.224. The van der Waals surface area contributed by atoms with Crippen molar-refractivity contribution in [2.45, 2.75) is 32.5 Å². The van der Waals surface area contributed by atoms with Gasteiger partial charge in [-0.25, -0.2) is 4.98 Å². The number of aromatic nitrogens is 2. The molecule has 1 aromatic heterocycles. The summed E-state index contributed by atoms with van der Waals surface area (Å²) in [4.78, 5) is 23.5. The molecule has 5 heteroatoms. The van der Waals surface area contributed by atoms with Gasteiger partial charge in [0.2, 0.25) is 0 Å². The summed E-state index contributed by atoms with van der Waals surface area (Å²) in [5.74, 6) is 0.755. The smallest absolute Gasteiger partial charge is 0.259 e. The molecule has 0 spiro atoms. The third-order valence-corrected chi connectivity index (χ3v) is 7.20. The maximum absolute atomic E-state index is 14.1. The van der Waals surface area contributed by atoms with Crippen molar-refractivity contribution in [3.8, 4) is 0 Å². The highest BCUT2D eigenvalue weighted by molar-refractivity contribution is 5.49. The largest absolute Gasteiger partial charge is 0.351 e. The molecule has 0 radical (unpaired) electrons. The highest BCUT2D eigenvalue weighted by atomic mass is 16.1. The van der Waals surface area contributed by atoms with Crippen LogP contribution in [0.25, 0.3) is 0 Å². The lowest BCUT2D eigenvalue weighted by Crippen LogP contribution is -2.40. The maximum Gasteiger partial charge on any atom is 0.259 e. The van der Waals surface area contributed by atoms with Gasteiger partial charge in [-0.3, -0.25) is 14.3 Å². The lowest BCUT2D eigenvalue weighted by atomic mass is 9.97. The molecule has 1 aliphatic heterocycles. The van der Waals surface area contributed by atoms with Crippen molar-refractivity contribution in [1.29, 1.82) is 0 Å². The maximum atomic E-state index is 14.1. The van der Waals surface area contributed by atoms with Gasteiger partial charge in [0.25, 0.3) is 5.56 Å². The normalized spacial score (nSPS) is 13.6. The summed E-state index contributed by atoms with van der Waals surface area (Å²) < 4.78 is 1.88. The Hall–Kier alpha value is -4.22. The quantitative estimate of drug-likeness (QED) is 0.282. The molecule has 5 rings (SSSR count). The van der Waals surface area contributed by atoms with E-state index < -0.39 is 0 Å². The van der Waals surface area contributed by atoms with Crippen LogP contribution in [0.2, 0.25) is 0 Å². The van der Waals surface area contributed by atoms with Crippen LogP contribution in [0.5, 0.6) is 0 Å². The third kappa shape index (κ3) is 5.38. The van der Waals surface area contributed by atoms with Gasteiger partial charge in [-0.15, -0.1) is 0 Å². The summed E-state index contributed by atoms with van der Waals surface area (Å²) in [5, 5.41) is 0. The first-order valence-corrected chi connectivity index (χ1v) is 13.1. The Bertz CT molecular complexity index is 1430. The fourth-order valence-corrected chi connectivity index (χ4v) is 5.24. The number of benzene rings is 3. The van der Waals surface area contributed by atoms with Gasteiger partial charge >= 0.3 is 0 Å². The number of fused-ring (bicyclic) bond motifs is 1. The van der Waals surface area contributed by atoms with E-state index in [1.807, 2.05) is 67.2 Å². The molecule has 0 unspecified atom stereocenters. The third-order valence-electron chi connectivity index (χ3n) is 7.20. The van der Waals surface area contributed by atoms with Gasteiger partial charge in [0, 0.05) is 45.0 Å². The SMILES string of the molecule is C=C/C=C\N(C)c1ccc(CN2CCc3nc(C)n(C(c4ccccc4)c4ccccc4)c(=O)c3C2)cc1. The summed E-state index contributed by atoms with van der Waals surface area (Å²) in [6.07, 6.45) is 6.45. The van der Waals surface area contributed by atoms with E-state index >= 15 is 0 Å². The predicted octanol–water partition coefficient (Wildman–Crippen LogP) is 5.88. The molecule has 0 amide bonds. The number of allylic oxidation sites excluding steroid dienone is 2. The molecule has 1 aliphatic rings. The zero-order valence-electron chi connectivity index (χ0n) is 22.1. The molecular formula is C33H34N4O. The average Bonchev–Trinajstić information content (AvgIpc) is 2.95. The summed E-state index contributed by atoms with van der Waals surface area (Å²) in [6, 6.07) is 28.8. The lowest BCUT2D eigenvalue weighted by molar-refractivity contribution is 0.240. The van der Waals surface area contributed by atoms with Gasteiger partial charge in [-0.2, -0.15) is 0 Å². The molecule has 0 saturated heterocycles.